The van der Waals surface area contributed by atoms with E-state index in [9.17, 15) is 13.2 Å². The van der Waals surface area contributed by atoms with Gasteiger partial charge in [-0.15, -0.1) is 0 Å². The molecule has 7 heteroatoms. The average Bonchev–Trinajstić information content (AvgIpc) is 2.90. The highest BCUT2D eigenvalue weighted by Gasteiger charge is 2.44. The van der Waals surface area contributed by atoms with Crippen LogP contribution in [0.4, 0.5) is 0 Å². The van der Waals surface area contributed by atoms with E-state index in [0.29, 0.717) is 44.9 Å². The van der Waals surface area contributed by atoms with Crippen LogP contribution in [0.3, 0.4) is 0 Å². The van der Waals surface area contributed by atoms with E-state index in [4.69, 9.17) is 9.84 Å². The molecule has 1 N–H and O–H groups in total. The summed E-state index contributed by atoms with van der Waals surface area (Å²) in [6.07, 6.45) is 3.20. The summed E-state index contributed by atoms with van der Waals surface area (Å²) < 4.78 is 31.8. The maximum Gasteiger partial charge on any atom is 0.307 e. The van der Waals surface area contributed by atoms with Crippen LogP contribution in [-0.2, 0) is 19.6 Å². The smallest absolute Gasteiger partial charge is 0.307 e. The van der Waals surface area contributed by atoms with Gasteiger partial charge in [0.05, 0.1) is 11.2 Å². The largest absolute Gasteiger partial charge is 0.481 e. The van der Waals surface area contributed by atoms with Crippen molar-refractivity contribution < 1.29 is 23.1 Å². The lowest BCUT2D eigenvalue weighted by atomic mass is 9.99. The van der Waals surface area contributed by atoms with E-state index in [1.165, 1.54) is 4.31 Å². The number of carbonyl (C=O) groups is 1. The van der Waals surface area contributed by atoms with Crippen LogP contribution in [0.25, 0.3) is 0 Å². The monoisotopic (exact) mass is 305 g/mol. The fourth-order valence-corrected chi connectivity index (χ4v) is 5.56. The van der Waals surface area contributed by atoms with Gasteiger partial charge >= 0.3 is 5.97 Å². The highest BCUT2D eigenvalue weighted by atomic mass is 32.2. The van der Waals surface area contributed by atoms with Gasteiger partial charge in [-0.25, -0.2) is 12.7 Å². The molecular formula is C13H23NO5S. The second kappa shape index (κ2) is 6.41. The lowest BCUT2D eigenvalue weighted by molar-refractivity contribution is -0.141. The zero-order valence-corrected chi connectivity index (χ0v) is 12.6. The number of sulfonamides is 1. The Morgan fingerprint density at radius 3 is 2.45 bits per heavy atom. The standard InChI is InChI=1S/C13H23NO5S/c1-19-9-10-5-7-14(8-6-10)20(17,18)12-4-2-3-11(12)13(15)16/h10-12H,2-9H2,1H3,(H,15,16). The van der Waals surface area contributed by atoms with E-state index < -0.39 is 27.2 Å². The first-order valence-electron chi connectivity index (χ1n) is 7.17. The lowest BCUT2D eigenvalue weighted by Crippen LogP contribution is -2.46. The molecule has 6 nitrogen and oxygen atoms in total. The maximum absolute atomic E-state index is 12.6. The molecule has 2 unspecified atom stereocenters. The Balaban J connectivity index is 2.02. The Morgan fingerprint density at radius 1 is 1.25 bits per heavy atom. The molecule has 0 radical (unpaired) electrons. The van der Waals surface area contributed by atoms with E-state index in [-0.39, 0.29) is 0 Å². The van der Waals surface area contributed by atoms with Crippen LogP contribution < -0.4 is 0 Å². The van der Waals surface area contributed by atoms with E-state index in [2.05, 4.69) is 0 Å². The molecule has 0 aromatic carbocycles. The number of hydrogen-bond acceptors (Lipinski definition) is 4. The van der Waals surface area contributed by atoms with Gasteiger partial charge in [-0.2, -0.15) is 0 Å². The van der Waals surface area contributed by atoms with Crippen LogP contribution >= 0.6 is 0 Å². The van der Waals surface area contributed by atoms with Gasteiger partial charge in [0.1, 0.15) is 0 Å². The topological polar surface area (TPSA) is 83.9 Å². The fourth-order valence-electron chi connectivity index (χ4n) is 3.32. The molecule has 1 aliphatic carbocycles. The van der Waals surface area contributed by atoms with Crippen molar-refractivity contribution in [1.82, 2.24) is 4.31 Å². The summed E-state index contributed by atoms with van der Waals surface area (Å²) in [6, 6.07) is 0. The molecule has 2 fully saturated rings. The Morgan fingerprint density at radius 2 is 1.90 bits per heavy atom. The summed E-state index contributed by atoms with van der Waals surface area (Å²) in [7, 11) is -1.83. The molecule has 1 heterocycles. The number of piperidine rings is 1. The number of carboxylic acid groups (broad SMARTS) is 1. The summed E-state index contributed by atoms with van der Waals surface area (Å²) in [6.45, 7) is 1.63. The molecular weight excluding hydrogens is 282 g/mol. The summed E-state index contributed by atoms with van der Waals surface area (Å²) in [4.78, 5) is 11.2. The van der Waals surface area contributed by atoms with Gasteiger partial charge in [0, 0.05) is 26.8 Å². The van der Waals surface area contributed by atoms with Crippen LogP contribution in [-0.4, -0.2) is 55.9 Å². The molecule has 2 atom stereocenters. The molecule has 2 aliphatic rings. The van der Waals surface area contributed by atoms with Crippen LogP contribution in [0.15, 0.2) is 0 Å². The molecule has 1 saturated heterocycles. The van der Waals surface area contributed by atoms with E-state index in [1.807, 2.05) is 0 Å². The third kappa shape index (κ3) is 3.15. The molecule has 0 spiro atoms. The number of hydrogen-bond donors (Lipinski definition) is 1. The van der Waals surface area contributed by atoms with Gasteiger partial charge in [0.25, 0.3) is 0 Å². The molecule has 1 saturated carbocycles. The quantitative estimate of drug-likeness (QED) is 0.817. The van der Waals surface area contributed by atoms with Crippen molar-refractivity contribution >= 4 is 16.0 Å². The Bertz CT molecular complexity index is 442. The zero-order chi connectivity index (χ0) is 14.8. The molecule has 20 heavy (non-hydrogen) atoms. The van der Waals surface area contributed by atoms with E-state index in [0.717, 1.165) is 12.8 Å². The lowest BCUT2D eigenvalue weighted by Gasteiger charge is -2.33. The zero-order valence-electron chi connectivity index (χ0n) is 11.8. The molecule has 0 aromatic heterocycles. The summed E-state index contributed by atoms with van der Waals surface area (Å²) in [5.41, 5.74) is 0. The number of methoxy groups -OCH3 is 1. The van der Waals surface area contributed by atoms with Crippen molar-refractivity contribution in [2.24, 2.45) is 11.8 Å². The van der Waals surface area contributed by atoms with Crippen molar-refractivity contribution in [1.29, 1.82) is 0 Å². The highest BCUT2D eigenvalue weighted by Crippen LogP contribution is 2.34. The maximum atomic E-state index is 12.6. The first kappa shape index (κ1) is 15.7. The Hall–Kier alpha value is -0.660. The van der Waals surface area contributed by atoms with Crippen LogP contribution in [0.5, 0.6) is 0 Å². The van der Waals surface area contributed by atoms with Crippen molar-refractivity contribution in [2.75, 3.05) is 26.8 Å². The van der Waals surface area contributed by atoms with Crippen LogP contribution in [0.2, 0.25) is 0 Å². The molecule has 0 aromatic rings. The second-order valence-electron chi connectivity index (χ2n) is 5.76. The average molecular weight is 305 g/mol. The van der Waals surface area contributed by atoms with Gasteiger partial charge < -0.3 is 9.84 Å². The number of rotatable bonds is 5. The van der Waals surface area contributed by atoms with Gasteiger partial charge in [0.15, 0.2) is 0 Å². The SMILES string of the molecule is COCC1CCN(S(=O)(=O)C2CCCC2C(=O)O)CC1. The van der Waals surface area contributed by atoms with Crippen molar-refractivity contribution in [2.45, 2.75) is 37.4 Å². The van der Waals surface area contributed by atoms with Crippen molar-refractivity contribution in [3.05, 3.63) is 0 Å². The second-order valence-corrected chi connectivity index (χ2v) is 7.91. The minimum Gasteiger partial charge on any atom is -0.481 e. The van der Waals surface area contributed by atoms with Gasteiger partial charge in [-0.1, -0.05) is 6.42 Å². The summed E-state index contributed by atoms with van der Waals surface area (Å²) in [5, 5.41) is 8.42. The van der Waals surface area contributed by atoms with Crippen molar-refractivity contribution in [3.8, 4) is 0 Å². The highest BCUT2D eigenvalue weighted by molar-refractivity contribution is 7.89. The third-order valence-electron chi connectivity index (χ3n) is 4.49. The molecule has 2 rings (SSSR count). The van der Waals surface area contributed by atoms with Crippen molar-refractivity contribution in [3.63, 3.8) is 0 Å². The minimum atomic E-state index is -3.48. The van der Waals surface area contributed by atoms with E-state index in [1.54, 1.807) is 7.11 Å². The van der Waals surface area contributed by atoms with Gasteiger partial charge in [0.2, 0.25) is 10.0 Å². The number of carboxylic acids is 1. The van der Waals surface area contributed by atoms with Crippen LogP contribution in [0, 0.1) is 11.8 Å². The first-order chi connectivity index (χ1) is 9.46. The Kier molecular flexibility index (Phi) is 5.04. The predicted octanol–water partition coefficient (Wildman–Crippen LogP) is 0.928. The predicted molar refractivity (Wildman–Crippen MR) is 73.9 cm³/mol. The molecule has 0 amide bonds. The summed E-state index contributed by atoms with van der Waals surface area (Å²) in [5.74, 6) is -1.31. The van der Waals surface area contributed by atoms with Gasteiger partial charge in [-0.3, -0.25) is 4.79 Å². The molecule has 0 bridgehead atoms. The fraction of sp³-hybridized carbons (Fsp3) is 0.923. The number of aliphatic carboxylic acids is 1. The third-order valence-corrected chi connectivity index (χ3v) is 6.90. The summed E-state index contributed by atoms with van der Waals surface area (Å²) >= 11 is 0. The number of ether oxygens (including phenoxy) is 1. The normalized spacial score (nSPS) is 29.6. The molecule has 116 valence electrons. The minimum absolute atomic E-state index is 0.408. The number of nitrogens with zero attached hydrogens (tertiary/aromatic N) is 1. The Labute approximate surface area is 120 Å². The molecule has 1 aliphatic heterocycles. The van der Waals surface area contributed by atoms with E-state index >= 15 is 0 Å². The van der Waals surface area contributed by atoms with Gasteiger partial charge in [-0.05, 0) is 31.6 Å². The van der Waals surface area contributed by atoms with Crippen LogP contribution in [0.1, 0.15) is 32.1 Å². The first-order valence-corrected chi connectivity index (χ1v) is 8.68.